The second-order valence-electron chi connectivity index (χ2n) is 5.40. The van der Waals surface area contributed by atoms with Gasteiger partial charge >= 0.3 is 0 Å². The van der Waals surface area contributed by atoms with Crippen molar-refractivity contribution in [3.63, 3.8) is 0 Å². The van der Waals surface area contributed by atoms with E-state index in [2.05, 4.69) is 11.4 Å². The number of hydrogen-bond acceptors (Lipinski definition) is 3. The maximum Gasteiger partial charge on any atom is 0.234 e. The van der Waals surface area contributed by atoms with Gasteiger partial charge in [-0.05, 0) is 55.3 Å². The topological polar surface area (TPSA) is 38.3 Å². The summed E-state index contributed by atoms with van der Waals surface area (Å²) in [5, 5.41) is 2.82. The summed E-state index contributed by atoms with van der Waals surface area (Å²) in [7, 11) is 0. The van der Waals surface area contributed by atoms with Crippen molar-refractivity contribution < 1.29 is 13.9 Å². The molecule has 1 N–H and O–H groups in total. The minimum absolute atomic E-state index is 0.136. The van der Waals surface area contributed by atoms with Crippen LogP contribution in [-0.4, -0.2) is 24.0 Å². The van der Waals surface area contributed by atoms with Gasteiger partial charge in [-0.25, -0.2) is 4.39 Å². The smallest absolute Gasteiger partial charge is 0.234 e. The minimum Gasteiger partial charge on any atom is -0.493 e. The average molecular weight is 368 g/mol. The van der Waals surface area contributed by atoms with Crippen molar-refractivity contribution in [1.82, 2.24) is 0 Å². The van der Waals surface area contributed by atoms with Gasteiger partial charge in [0, 0.05) is 10.8 Å². The molecule has 0 aliphatic heterocycles. The van der Waals surface area contributed by atoms with E-state index in [1.54, 1.807) is 0 Å². The fraction of sp³-hybridized carbons (Fsp3) is 0.278. The Kier molecular flexibility index (Phi) is 6.94. The number of carbonyl (C=O) groups excluding carboxylic acids is 1. The number of thioether (sulfide) groups is 1. The molecule has 0 unspecified atom stereocenters. The van der Waals surface area contributed by atoms with Crippen LogP contribution in [0.1, 0.15) is 11.1 Å². The van der Waals surface area contributed by atoms with E-state index >= 15 is 0 Å². The van der Waals surface area contributed by atoms with Gasteiger partial charge in [0.2, 0.25) is 5.91 Å². The first-order valence-electron chi connectivity index (χ1n) is 7.48. The first kappa shape index (κ1) is 18.6. The zero-order valence-corrected chi connectivity index (χ0v) is 15.1. The van der Waals surface area contributed by atoms with Gasteiger partial charge in [0.1, 0.15) is 11.6 Å². The van der Waals surface area contributed by atoms with Gasteiger partial charge in [0.15, 0.2) is 0 Å². The maximum atomic E-state index is 13.6. The summed E-state index contributed by atoms with van der Waals surface area (Å²) in [4.78, 5) is 11.8. The monoisotopic (exact) mass is 367 g/mol. The van der Waals surface area contributed by atoms with Crippen molar-refractivity contribution in [1.29, 1.82) is 0 Å². The van der Waals surface area contributed by atoms with Gasteiger partial charge in [0.25, 0.3) is 0 Å². The molecule has 24 heavy (non-hydrogen) atoms. The fourth-order valence-electron chi connectivity index (χ4n) is 2.18. The van der Waals surface area contributed by atoms with Crippen LogP contribution in [0.4, 0.5) is 10.1 Å². The van der Waals surface area contributed by atoms with E-state index in [1.807, 2.05) is 26.0 Å². The van der Waals surface area contributed by atoms with E-state index < -0.39 is 5.82 Å². The lowest BCUT2D eigenvalue weighted by Gasteiger charge is -2.09. The molecular formula is C18H19ClFNO2S. The van der Waals surface area contributed by atoms with Gasteiger partial charge in [-0.3, -0.25) is 4.79 Å². The predicted octanol–water partition coefficient (Wildman–Crippen LogP) is 4.85. The Morgan fingerprint density at radius 2 is 1.92 bits per heavy atom. The first-order chi connectivity index (χ1) is 11.4. The third-order valence-corrected chi connectivity index (χ3v) is 4.29. The Balaban J connectivity index is 1.69. The second kappa shape index (κ2) is 8.94. The Bertz CT molecular complexity index is 704. The molecule has 0 fully saturated rings. The molecule has 0 saturated heterocycles. The molecule has 0 aliphatic carbocycles. The molecule has 0 heterocycles. The highest BCUT2D eigenvalue weighted by Gasteiger charge is 2.07. The number of halogens is 2. The summed E-state index contributed by atoms with van der Waals surface area (Å²) in [6.07, 6.45) is 0. The zero-order chi connectivity index (χ0) is 17.5. The fourth-order valence-corrected chi connectivity index (χ4v) is 2.94. The minimum atomic E-state index is -0.543. The van der Waals surface area contributed by atoms with Crippen LogP contribution >= 0.6 is 23.4 Å². The van der Waals surface area contributed by atoms with Gasteiger partial charge in [-0.15, -0.1) is 11.8 Å². The molecule has 2 aromatic rings. The molecule has 1 amide bonds. The van der Waals surface area contributed by atoms with Gasteiger partial charge < -0.3 is 10.1 Å². The molecule has 128 valence electrons. The third-order valence-electron chi connectivity index (χ3n) is 3.13. The van der Waals surface area contributed by atoms with E-state index in [4.69, 9.17) is 16.3 Å². The van der Waals surface area contributed by atoms with Gasteiger partial charge in [-0.1, -0.05) is 17.7 Å². The number of benzene rings is 2. The number of hydrogen-bond donors (Lipinski definition) is 1. The van der Waals surface area contributed by atoms with Crippen LogP contribution in [0.25, 0.3) is 0 Å². The number of ether oxygens (including phenoxy) is 1. The van der Waals surface area contributed by atoms with E-state index in [-0.39, 0.29) is 17.3 Å². The van der Waals surface area contributed by atoms with Gasteiger partial charge in [-0.2, -0.15) is 0 Å². The normalized spacial score (nSPS) is 10.5. The molecule has 2 rings (SSSR count). The second-order valence-corrected chi connectivity index (χ2v) is 6.94. The number of nitrogens with one attached hydrogen (secondary N) is 1. The summed E-state index contributed by atoms with van der Waals surface area (Å²) in [5.74, 6) is 0.939. The number of amides is 1. The summed E-state index contributed by atoms with van der Waals surface area (Å²) < 4.78 is 19.3. The summed E-state index contributed by atoms with van der Waals surface area (Å²) >= 11 is 7.10. The number of aryl methyl sites for hydroxylation is 2. The zero-order valence-electron chi connectivity index (χ0n) is 13.6. The molecule has 0 atom stereocenters. The highest BCUT2D eigenvalue weighted by Crippen LogP contribution is 2.19. The van der Waals surface area contributed by atoms with E-state index in [9.17, 15) is 9.18 Å². The first-order valence-corrected chi connectivity index (χ1v) is 9.01. The number of anilines is 1. The molecule has 0 aromatic heterocycles. The Hall–Kier alpha value is -1.72. The molecule has 0 aliphatic rings. The summed E-state index contributed by atoms with van der Waals surface area (Å²) in [5.41, 5.74) is 2.44. The quantitative estimate of drug-likeness (QED) is 0.711. The van der Waals surface area contributed by atoms with Crippen LogP contribution < -0.4 is 10.1 Å². The summed E-state index contributed by atoms with van der Waals surface area (Å²) in [6.45, 7) is 4.56. The van der Waals surface area contributed by atoms with Crippen molar-refractivity contribution in [2.45, 2.75) is 13.8 Å². The van der Waals surface area contributed by atoms with Crippen molar-refractivity contribution in [2.75, 3.05) is 23.4 Å². The molecule has 0 radical (unpaired) electrons. The van der Waals surface area contributed by atoms with Crippen LogP contribution in [0.3, 0.4) is 0 Å². The van der Waals surface area contributed by atoms with Crippen LogP contribution in [0.15, 0.2) is 36.4 Å². The molecule has 6 heteroatoms. The molecule has 0 bridgehead atoms. The Labute approximate surface area is 150 Å². The summed E-state index contributed by atoms with van der Waals surface area (Å²) in [6, 6.07) is 10.2. The standard InChI is InChI=1S/C18H19ClFNO2S/c1-12-7-13(2)9-15(8-12)23-5-6-24-11-18(22)21-17-4-3-14(19)10-16(17)20/h3-4,7-10H,5-6,11H2,1-2H3,(H,21,22). The largest absolute Gasteiger partial charge is 0.493 e. The van der Waals surface area contributed by atoms with Crippen LogP contribution in [-0.2, 0) is 4.79 Å². The van der Waals surface area contributed by atoms with Crippen LogP contribution in [0, 0.1) is 19.7 Å². The average Bonchev–Trinajstić information content (AvgIpc) is 2.49. The van der Waals surface area contributed by atoms with Crippen molar-refractivity contribution >= 4 is 35.0 Å². The predicted molar refractivity (Wildman–Crippen MR) is 98.8 cm³/mol. The number of rotatable bonds is 7. The SMILES string of the molecule is Cc1cc(C)cc(OCCSCC(=O)Nc2ccc(Cl)cc2F)c1. The molecule has 3 nitrogen and oxygen atoms in total. The Morgan fingerprint density at radius 1 is 1.21 bits per heavy atom. The van der Waals surface area contributed by atoms with Crippen molar-refractivity contribution in [3.8, 4) is 5.75 Å². The van der Waals surface area contributed by atoms with E-state index in [0.29, 0.717) is 17.4 Å². The van der Waals surface area contributed by atoms with E-state index in [0.717, 1.165) is 16.9 Å². The highest BCUT2D eigenvalue weighted by atomic mass is 35.5. The Morgan fingerprint density at radius 3 is 2.58 bits per heavy atom. The molecule has 2 aromatic carbocycles. The number of carbonyl (C=O) groups is 1. The van der Waals surface area contributed by atoms with Crippen LogP contribution in [0.5, 0.6) is 5.75 Å². The lowest BCUT2D eigenvalue weighted by molar-refractivity contribution is -0.113. The van der Waals surface area contributed by atoms with Crippen LogP contribution in [0.2, 0.25) is 5.02 Å². The lowest BCUT2D eigenvalue weighted by Crippen LogP contribution is -2.16. The highest BCUT2D eigenvalue weighted by molar-refractivity contribution is 7.99. The maximum absolute atomic E-state index is 13.6. The lowest BCUT2D eigenvalue weighted by atomic mass is 10.1. The van der Waals surface area contributed by atoms with Crippen molar-refractivity contribution in [2.24, 2.45) is 0 Å². The molecule has 0 spiro atoms. The van der Waals surface area contributed by atoms with Gasteiger partial charge in [0.05, 0.1) is 18.0 Å². The molecular weight excluding hydrogens is 349 g/mol. The van der Waals surface area contributed by atoms with Crippen molar-refractivity contribution in [3.05, 3.63) is 58.4 Å². The third kappa shape index (κ3) is 6.06. The van der Waals surface area contributed by atoms with E-state index in [1.165, 1.54) is 30.0 Å². The molecule has 0 saturated carbocycles.